The second-order valence-corrected chi connectivity index (χ2v) is 12.2. The summed E-state index contributed by atoms with van der Waals surface area (Å²) < 4.78 is 17.9. The zero-order valence-corrected chi connectivity index (χ0v) is 26.9. The molecule has 0 saturated heterocycles. The van der Waals surface area contributed by atoms with Gasteiger partial charge in [-0.15, -0.1) is 0 Å². The van der Waals surface area contributed by atoms with Gasteiger partial charge in [-0.2, -0.15) is 0 Å². The van der Waals surface area contributed by atoms with Crippen LogP contribution in [-0.4, -0.2) is 19.5 Å². The number of halogens is 1. The van der Waals surface area contributed by atoms with E-state index in [2.05, 4.69) is 71.3 Å². The lowest BCUT2D eigenvalue weighted by molar-refractivity contribution is 0.631. The van der Waals surface area contributed by atoms with Crippen molar-refractivity contribution >= 4 is 21.8 Å². The zero-order chi connectivity index (χ0) is 33.4. The molecular weight excluding hydrogens is 616 g/mol. The van der Waals surface area contributed by atoms with E-state index >= 15 is 4.39 Å². The fourth-order valence-corrected chi connectivity index (χ4v) is 6.74. The lowest BCUT2D eigenvalue weighted by Gasteiger charge is -2.17. The first-order valence-electron chi connectivity index (χ1n) is 16.6. The summed E-state index contributed by atoms with van der Waals surface area (Å²) in [6.07, 6.45) is 0. The molecule has 0 amide bonds. The predicted octanol–water partition coefficient (Wildman–Crippen LogP) is 11.4. The molecule has 0 fully saturated rings. The zero-order valence-electron chi connectivity index (χ0n) is 26.9. The molecule has 2 aromatic heterocycles. The van der Waals surface area contributed by atoms with Crippen LogP contribution in [0.25, 0.3) is 83.9 Å². The van der Waals surface area contributed by atoms with Gasteiger partial charge in [0.05, 0.1) is 16.7 Å². The van der Waals surface area contributed by atoms with E-state index in [1.807, 2.05) is 97.1 Å². The maximum atomic E-state index is 15.7. The number of nitrogens with zero attached hydrogens (tertiary/aromatic N) is 4. The summed E-state index contributed by atoms with van der Waals surface area (Å²) in [5.74, 6) is 1.41. The highest BCUT2D eigenvalue weighted by atomic mass is 19.1. The fraction of sp³-hybridized carbons (Fsp3) is 0. The Bertz CT molecular complexity index is 2590. The van der Waals surface area contributed by atoms with Crippen LogP contribution in [0.2, 0.25) is 0 Å². The summed E-state index contributed by atoms with van der Waals surface area (Å²) in [5.41, 5.74) is 8.96. The molecule has 236 valence electrons. The molecule has 0 spiro atoms. The number of hydrogen-bond acceptors (Lipinski definition) is 3. The number of para-hydroxylation sites is 1. The third-order valence-corrected chi connectivity index (χ3v) is 9.14. The summed E-state index contributed by atoms with van der Waals surface area (Å²) in [6.45, 7) is 0. The Morgan fingerprint density at radius 1 is 0.360 bits per heavy atom. The molecule has 0 aliphatic heterocycles. The Morgan fingerprint density at radius 2 is 0.880 bits per heavy atom. The second kappa shape index (κ2) is 12.4. The van der Waals surface area contributed by atoms with Gasteiger partial charge in [-0.25, -0.2) is 19.3 Å². The first-order chi connectivity index (χ1) is 24.7. The van der Waals surface area contributed by atoms with E-state index in [1.54, 1.807) is 6.07 Å². The predicted molar refractivity (Wildman–Crippen MR) is 201 cm³/mol. The van der Waals surface area contributed by atoms with Gasteiger partial charge in [-0.1, -0.05) is 152 Å². The van der Waals surface area contributed by atoms with Crippen LogP contribution in [0.5, 0.6) is 0 Å². The molecule has 7 aromatic carbocycles. The lowest BCUT2D eigenvalue weighted by Crippen LogP contribution is -2.02. The van der Waals surface area contributed by atoms with Crippen LogP contribution in [0, 0.1) is 5.82 Å². The number of aromatic nitrogens is 4. The molecule has 9 aromatic rings. The Labute approximate surface area is 288 Å². The highest BCUT2D eigenvalue weighted by molar-refractivity contribution is 6.10. The van der Waals surface area contributed by atoms with Gasteiger partial charge in [0.15, 0.2) is 17.5 Å². The monoisotopic (exact) mass is 644 g/mol. The van der Waals surface area contributed by atoms with Crippen LogP contribution in [0.1, 0.15) is 0 Å². The fourth-order valence-electron chi connectivity index (χ4n) is 6.74. The third kappa shape index (κ3) is 5.22. The second-order valence-electron chi connectivity index (χ2n) is 12.2. The van der Waals surface area contributed by atoms with Crippen molar-refractivity contribution in [3.8, 4) is 62.1 Å². The molecule has 0 atom stereocenters. The van der Waals surface area contributed by atoms with E-state index in [0.717, 1.165) is 60.9 Å². The maximum absolute atomic E-state index is 15.7. The van der Waals surface area contributed by atoms with Gasteiger partial charge in [-0.05, 0) is 35.4 Å². The Kier molecular flexibility index (Phi) is 7.29. The molecule has 5 heteroatoms. The summed E-state index contributed by atoms with van der Waals surface area (Å²) in [6, 6.07) is 58.2. The minimum absolute atomic E-state index is 0.287. The van der Waals surface area contributed by atoms with Crippen molar-refractivity contribution in [2.75, 3.05) is 0 Å². The summed E-state index contributed by atoms with van der Waals surface area (Å²) in [7, 11) is 0. The highest BCUT2D eigenvalue weighted by Gasteiger charge is 2.20. The standard InChI is InChI=1S/C45H29FN4/c46-39-22-12-10-20-35(39)37-27-25-34(45-48-43(31-16-6-2-7-17-31)47-44(49-45)32-18-8-3-9-19-32)29-42(37)50-40-23-13-11-21-36(40)38-26-24-33(28-41(38)50)30-14-4-1-5-15-30/h1-29H. The number of hydrogen-bond donors (Lipinski definition) is 0. The smallest absolute Gasteiger partial charge is 0.164 e. The van der Waals surface area contributed by atoms with Gasteiger partial charge >= 0.3 is 0 Å². The van der Waals surface area contributed by atoms with E-state index < -0.39 is 0 Å². The van der Waals surface area contributed by atoms with Crippen molar-refractivity contribution in [2.24, 2.45) is 0 Å². The minimum Gasteiger partial charge on any atom is -0.309 e. The summed E-state index contributed by atoms with van der Waals surface area (Å²) in [5, 5.41) is 2.23. The van der Waals surface area contributed by atoms with Gasteiger partial charge in [0.25, 0.3) is 0 Å². The summed E-state index contributed by atoms with van der Waals surface area (Å²) >= 11 is 0. The normalized spacial score (nSPS) is 11.3. The first kappa shape index (κ1) is 29.4. The lowest BCUT2D eigenvalue weighted by atomic mass is 9.99. The van der Waals surface area contributed by atoms with Crippen molar-refractivity contribution < 1.29 is 4.39 Å². The van der Waals surface area contributed by atoms with Gasteiger partial charge in [0.1, 0.15) is 5.82 Å². The number of benzene rings is 7. The van der Waals surface area contributed by atoms with Crippen LogP contribution in [0.15, 0.2) is 176 Å². The largest absolute Gasteiger partial charge is 0.309 e. The molecule has 0 aliphatic carbocycles. The van der Waals surface area contributed by atoms with Crippen molar-refractivity contribution in [2.45, 2.75) is 0 Å². The van der Waals surface area contributed by atoms with Crippen LogP contribution in [-0.2, 0) is 0 Å². The van der Waals surface area contributed by atoms with Gasteiger partial charge in [0, 0.05) is 38.6 Å². The average Bonchev–Trinajstić information content (AvgIpc) is 3.52. The van der Waals surface area contributed by atoms with Crippen LogP contribution >= 0.6 is 0 Å². The van der Waals surface area contributed by atoms with Crippen LogP contribution < -0.4 is 0 Å². The number of fused-ring (bicyclic) bond motifs is 3. The molecule has 2 heterocycles. The third-order valence-electron chi connectivity index (χ3n) is 9.14. The molecule has 0 saturated carbocycles. The topological polar surface area (TPSA) is 43.6 Å². The van der Waals surface area contributed by atoms with Crippen molar-refractivity contribution in [1.82, 2.24) is 19.5 Å². The first-order valence-corrected chi connectivity index (χ1v) is 16.6. The Hall–Kier alpha value is -6.72. The van der Waals surface area contributed by atoms with E-state index in [9.17, 15) is 0 Å². The van der Waals surface area contributed by atoms with Crippen molar-refractivity contribution in [3.63, 3.8) is 0 Å². The molecule has 0 aliphatic rings. The van der Waals surface area contributed by atoms with E-state index in [0.29, 0.717) is 23.0 Å². The quantitative estimate of drug-likeness (QED) is 0.181. The molecule has 0 radical (unpaired) electrons. The van der Waals surface area contributed by atoms with Crippen molar-refractivity contribution in [1.29, 1.82) is 0 Å². The van der Waals surface area contributed by atoms with Crippen LogP contribution in [0.3, 0.4) is 0 Å². The van der Waals surface area contributed by atoms with Gasteiger partial charge in [-0.3, -0.25) is 0 Å². The molecule has 0 unspecified atom stereocenters. The number of rotatable bonds is 6. The molecule has 9 rings (SSSR count). The van der Waals surface area contributed by atoms with Crippen LogP contribution in [0.4, 0.5) is 4.39 Å². The van der Waals surface area contributed by atoms with E-state index in [1.165, 1.54) is 6.07 Å². The minimum atomic E-state index is -0.287. The molecular formula is C45H29FN4. The van der Waals surface area contributed by atoms with E-state index in [4.69, 9.17) is 15.0 Å². The SMILES string of the molecule is Fc1ccccc1-c1ccc(-c2nc(-c3ccccc3)nc(-c3ccccc3)n2)cc1-n1c2ccccc2c2ccc(-c3ccccc3)cc21. The van der Waals surface area contributed by atoms with Gasteiger partial charge in [0.2, 0.25) is 0 Å². The highest BCUT2D eigenvalue weighted by Crippen LogP contribution is 2.40. The maximum Gasteiger partial charge on any atom is 0.164 e. The Morgan fingerprint density at radius 3 is 1.54 bits per heavy atom. The Balaban J connectivity index is 1.34. The average molecular weight is 645 g/mol. The van der Waals surface area contributed by atoms with E-state index in [-0.39, 0.29) is 5.82 Å². The van der Waals surface area contributed by atoms with Gasteiger partial charge < -0.3 is 4.57 Å². The molecule has 0 N–H and O–H groups in total. The van der Waals surface area contributed by atoms with Crippen molar-refractivity contribution in [3.05, 3.63) is 182 Å². The molecule has 50 heavy (non-hydrogen) atoms. The summed E-state index contributed by atoms with van der Waals surface area (Å²) in [4.78, 5) is 14.9. The molecule has 0 bridgehead atoms. The molecule has 4 nitrogen and oxygen atoms in total.